The third kappa shape index (κ3) is 11.0. The van der Waals surface area contributed by atoms with Gasteiger partial charge in [-0.15, -0.1) is 0 Å². The van der Waals surface area contributed by atoms with Gasteiger partial charge in [-0.3, -0.25) is 9.59 Å². The summed E-state index contributed by atoms with van der Waals surface area (Å²) in [7, 11) is 1.75. The molecule has 5 nitrogen and oxygen atoms in total. The number of amides is 2. The molecule has 0 heterocycles. The van der Waals surface area contributed by atoms with Gasteiger partial charge in [0, 0.05) is 20.0 Å². The molecule has 16 heavy (non-hydrogen) atoms. The van der Waals surface area contributed by atoms with Crippen molar-refractivity contribution in [1.82, 2.24) is 16.0 Å². The summed E-state index contributed by atoms with van der Waals surface area (Å²) < 4.78 is 0. The number of likely N-dealkylation sites (N-methyl/N-ethyl adjacent to an activating group) is 1. The lowest BCUT2D eigenvalue weighted by Gasteiger charge is -2.05. The average molecular weight is 229 g/mol. The standard InChI is InChI=1S/C11H23N3O2/c1-10(15)13-7-5-3-4-6-8-14-11(16)9-12-2/h12H,3-9H2,1-2H3,(H,13,15)(H,14,16). The summed E-state index contributed by atoms with van der Waals surface area (Å²) in [4.78, 5) is 21.6. The smallest absolute Gasteiger partial charge is 0.233 e. The SMILES string of the molecule is CNCC(=O)NCCCCCCNC(C)=O. The van der Waals surface area contributed by atoms with Crippen LogP contribution in [-0.2, 0) is 9.59 Å². The topological polar surface area (TPSA) is 70.2 Å². The van der Waals surface area contributed by atoms with Gasteiger partial charge in [-0.25, -0.2) is 0 Å². The number of hydrogen-bond acceptors (Lipinski definition) is 3. The lowest BCUT2D eigenvalue weighted by molar-refractivity contribution is -0.120. The monoisotopic (exact) mass is 229 g/mol. The highest BCUT2D eigenvalue weighted by Crippen LogP contribution is 1.97. The van der Waals surface area contributed by atoms with Crippen LogP contribution in [0, 0.1) is 0 Å². The molecule has 94 valence electrons. The number of carbonyl (C=O) groups is 2. The highest BCUT2D eigenvalue weighted by Gasteiger charge is 1.97. The molecule has 2 amide bonds. The van der Waals surface area contributed by atoms with E-state index in [1.54, 1.807) is 7.05 Å². The van der Waals surface area contributed by atoms with E-state index in [0.29, 0.717) is 6.54 Å². The predicted molar refractivity (Wildman–Crippen MR) is 64.1 cm³/mol. The fourth-order valence-electron chi connectivity index (χ4n) is 1.32. The summed E-state index contributed by atoms with van der Waals surface area (Å²) in [5, 5.41) is 8.37. The average Bonchev–Trinajstić information content (AvgIpc) is 2.22. The minimum absolute atomic E-state index is 0.0272. The van der Waals surface area contributed by atoms with Gasteiger partial charge in [-0.2, -0.15) is 0 Å². The zero-order chi connectivity index (χ0) is 12.2. The maximum Gasteiger partial charge on any atom is 0.233 e. The van der Waals surface area contributed by atoms with E-state index in [9.17, 15) is 9.59 Å². The van der Waals surface area contributed by atoms with E-state index in [0.717, 1.165) is 38.8 Å². The lowest BCUT2D eigenvalue weighted by Crippen LogP contribution is -2.32. The summed E-state index contributed by atoms with van der Waals surface area (Å²) in [5.41, 5.74) is 0. The number of nitrogens with one attached hydrogen (secondary N) is 3. The van der Waals surface area contributed by atoms with Crippen LogP contribution >= 0.6 is 0 Å². The Kier molecular flexibility index (Phi) is 9.70. The zero-order valence-corrected chi connectivity index (χ0v) is 10.3. The highest BCUT2D eigenvalue weighted by atomic mass is 16.2. The molecule has 0 radical (unpaired) electrons. The Morgan fingerprint density at radius 1 is 0.938 bits per heavy atom. The minimum Gasteiger partial charge on any atom is -0.356 e. The molecule has 0 aromatic rings. The second-order valence-corrected chi connectivity index (χ2v) is 3.78. The van der Waals surface area contributed by atoms with Crippen molar-refractivity contribution in [2.45, 2.75) is 32.6 Å². The molecule has 0 saturated heterocycles. The molecule has 0 rings (SSSR count). The van der Waals surface area contributed by atoms with Crippen LogP contribution in [0.2, 0.25) is 0 Å². The van der Waals surface area contributed by atoms with Gasteiger partial charge in [0.25, 0.3) is 0 Å². The van der Waals surface area contributed by atoms with Crippen LogP contribution in [0.1, 0.15) is 32.6 Å². The summed E-state index contributed by atoms with van der Waals surface area (Å²) in [6.07, 6.45) is 4.17. The Balaban J connectivity index is 3.09. The summed E-state index contributed by atoms with van der Waals surface area (Å²) in [6, 6.07) is 0. The molecule has 5 heteroatoms. The maximum absolute atomic E-state index is 11.0. The first-order chi connectivity index (χ1) is 7.66. The fourth-order valence-corrected chi connectivity index (χ4v) is 1.32. The molecular formula is C11H23N3O2. The molecule has 0 aliphatic carbocycles. The van der Waals surface area contributed by atoms with Crippen LogP contribution in [0.15, 0.2) is 0 Å². The number of rotatable bonds is 9. The van der Waals surface area contributed by atoms with E-state index in [-0.39, 0.29) is 11.8 Å². The maximum atomic E-state index is 11.0. The summed E-state index contributed by atoms with van der Waals surface area (Å²) >= 11 is 0. The Morgan fingerprint density at radius 2 is 1.50 bits per heavy atom. The Hall–Kier alpha value is -1.10. The third-order valence-electron chi connectivity index (χ3n) is 2.14. The van der Waals surface area contributed by atoms with Crippen molar-refractivity contribution in [3.63, 3.8) is 0 Å². The van der Waals surface area contributed by atoms with E-state index >= 15 is 0 Å². The van der Waals surface area contributed by atoms with Gasteiger partial charge in [0.15, 0.2) is 0 Å². The Morgan fingerprint density at radius 3 is 2.00 bits per heavy atom. The van der Waals surface area contributed by atoms with Crippen LogP contribution < -0.4 is 16.0 Å². The highest BCUT2D eigenvalue weighted by molar-refractivity contribution is 5.77. The molecule has 0 aliphatic rings. The molecule has 0 fully saturated rings. The molecule has 0 bridgehead atoms. The van der Waals surface area contributed by atoms with E-state index < -0.39 is 0 Å². The van der Waals surface area contributed by atoms with Gasteiger partial charge in [0.1, 0.15) is 0 Å². The molecule has 0 aromatic heterocycles. The van der Waals surface area contributed by atoms with E-state index in [1.807, 2.05) is 0 Å². The van der Waals surface area contributed by atoms with Crippen molar-refractivity contribution >= 4 is 11.8 Å². The van der Waals surface area contributed by atoms with Crippen molar-refractivity contribution in [3.8, 4) is 0 Å². The molecule has 0 unspecified atom stereocenters. The molecule has 0 atom stereocenters. The molecule has 0 aliphatic heterocycles. The van der Waals surface area contributed by atoms with Crippen LogP contribution in [0.4, 0.5) is 0 Å². The molecule has 0 aromatic carbocycles. The second-order valence-electron chi connectivity index (χ2n) is 3.78. The predicted octanol–water partition coefficient (Wildman–Crippen LogP) is 0.0185. The first kappa shape index (κ1) is 14.9. The first-order valence-corrected chi connectivity index (χ1v) is 5.82. The van der Waals surface area contributed by atoms with Crippen LogP contribution in [0.5, 0.6) is 0 Å². The molecule has 0 spiro atoms. The summed E-state index contributed by atoms with van der Waals surface area (Å²) in [6.45, 7) is 3.39. The minimum atomic E-state index is 0.0272. The van der Waals surface area contributed by atoms with Crippen molar-refractivity contribution in [3.05, 3.63) is 0 Å². The van der Waals surface area contributed by atoms with Gasteiger partial charge in [0.2, 0.25) is 11.8 Å². The Labute approximate surface area is 97.4 Å². The second kappa shape index (κ2) is 10.4. The van der Waals surface area contributed by atoms with Crippen molar-refractivity contribution in [1.29, 1.82) is 0 Å². The van der Waals surface area contributed by atoms with Crippen LogP contribution in [-0.4, -0.2) is 38.5 Å². The van der Waals surface area contributed by atoms with Gasteiger partial charge in [0.05, 0.1) is 6.54 Å². The van der Waals surface area contributed by atoms with E-state index in [2.05, 4.69) is 16.0 Å². The fraction of sp³-hybridized carbons (Fsp3) is 0.818. The number of carbonyl (C=O) groups excluding carboxylic acids is 2. The summed E-state index contributed by atoms with van der Waals surface area (Å²) in [5.74, 6) is 0.0695. The van der Waals surface area contributed by atoms with Crippen molar-refractivity contribution in [2.24, 2.45) is 0 Å². The quantitative estimate of drug-likeness (QED) is 0.488. The number of hydrogen-bond donors (Lipinski definition) is 3. The van der Waals surface area contributed by atoms with Crippen molar-refractivity contribution in [2.75, 3.05) is 26.7 Å². The zero-order valence-electron chi connectivity index (χ0n) is 10.3. The van der Waals surface area contributed by atoms with Crippen LogP contribution in [0.3, 0.4) is 0 Å². The first-order valence-electron chi connectivity index (χ1n) is 5.82. The van der Waals surface area contributed by atoms with Gasteiger partial charge < -0.3 is 16.0 Å². The van der Waals surface area contributed by atoms with E-state index in [4.69, 9.17) is 0 Å². The van der Waals surface area contributed by atoms with Gasteiger partial charge in [-0.1, -0.05) is 12.8 Å². The third-order valence-corrected chi connectivity index (χ3v) is 2.14. The molecular weight excluding hydrogens is 206 g/mol. The van der Waals surface area contributed by atoms with Gasteiger partial charge >= 0.3 is 0 Å². The normalized spacial score (nSPS) is 9.88. The van der Waals surface area contributed by atoms with Crippen molar-refractivity contribution < 1.29 is 9.59 Å². The number of unbranched alkanes of at least 4 members (excludes halogenated alkanes) is 3. The van der Waals surface area contributed by atoms with Gasteiger partial charge in [-0.05, 0) is 19.9 Å². The Bertz CT molecular complexity index is 207. The lowest BCUT2D eigenvalue weighted by atomic mass is 10.2. The largest absolute Gasteiger partial charge is 0.356 e. The molecule has 3 N–H and O–H groups in total. The van der Waals surface area contributed by atoms with E-state index in [1.165, 1.54) is 6.92 Å². The van der Waals surface area contributed by atoms with Crippen LogP contribution in [0.25, 0.3) is 0 Å². The molecule has 0 saturated carbocycles.